The Morgan fingerprint density at radius 2 is 1.29 bits per heavy atom. The van der Waals surface area contributed by atoms with Crippen molar-refractivity contribution in [2.45, 2.75) is 0 Å². The first-order chi connectivity index (χ1) is 10.0. The summed E-state index contributed by atoms with van der Waals surface area (Å²) in [7, 11) is 0. The second kappa shape index (κ2) is 6.99. The molecule has 0 atom stereocenters. The Balaban J connectivity index is 2.05. The summed E-state index contributed by atoms with van der Waals surface area (Å²) >= 11 is 5.78. The van der Waals surface area contributed by atoms with Crippen molar-refractivity contribution < 1.29 is 17.9 Å². The summed E-state index contributed by atoms with van der Waals surface area (Å²) < 4.78 is 40.7. The minimum atomic E-state index is -2.48. The third-order valence-electron chi connectivity index (χ3n) is 2.57. The van der Waals surface area contributed by atoms with Gasteiger partial charge in [0.15, 0.2) is 0 Å². The standard InChI is InChI=1S/C16H10ClF3O/c17-13-7-3-11(4-8-13)1-2-12-5-9-14(10-6-12)21-16(20)15(18)19/h1-10H/b2-1+. The maximum absolute atomic E-state index is 12.6. The summed E-state index contributed by atoms with van der Waals surface area (Å²) in [6, 6.07) is 11.5. The van der Waals surface area contributed by atoms with Gasteiger partial charge < -0.3 is 4.74 Å². The average Bonchev–Trinajstić information content (AvgIpc) is 2.48. The van der Waals surface area contributed by atoms with Gasteiger partial charge in [-0.25, -0.2) is 0 Å². The number of benzene rings is 2. The number of ether oxygens (including phenoxy) is 1. The Labute approximate surface area is 124 Å². The van der Waals surface area contributed by atoms with E-state index in [1.54, 1.807) is 24.3 Å². The van der Waals surface area contributed by atoms with Crippen LogP contribution in [0.5, 0.6) is 5.75 Å². The maximum atomic E-state index is 12.6. The normalized spacial score (nSPS) is 10.7. The molecular weight excluding hydrogens is 301 g/mol. The molecule has 21 heavy (non-hydrogen) atoms. The van der Waals surface area contributed by atoms with Crippen molar-refractivity contribution in [1.82, 2.24) is 0 Å². The second-order valence-corrected chi connectivity index (χ2v) is 4.53. The predicted octanol–water partition coefficient (Wildman–Crippen LogP) is 5.92. The molecule has 0 aliphatic carbocycles. The first-order valence-corrected chi connectivity index (χ1v) is 6.35. The van der Waals surface area contributed by atoms with E-state index in [1.807, 2.05) is 24.3 Å². The Hall–Kier alpha value is -2.20. The quantitative estimate of drug-likeness (QED) is 0.503. The second-order valence-electron chi connectivity index (χ2n) is 4.09. The van der Waals surface area contributed by atoms with Gasteiger partial charge in [0.25, 0.3) is 0 Å². The van der Waals surface area contributed by atoms with Gasteiger partial charge in [-0.3, -0.25) is 0 Å². The molecule has 0 aromatic heterocycles. The molecule has 2 aromatic carbocycles. The van der Waals surface area contributed by atoms with Gasteiger partial charge in [-0.1, -0.05) is 48.0 Å². The van der Waals surface area contributed by atoms with E-state index in [0.29, 0.717) is 5.02 Å². The summed E-state index contributed by atoms with van der Waals surface area (Å²) in [5.74, 6) is 0.00365. The highest BCUT2D eigenvalue weighted by Gasteiger charge is 2.07. The lowest BCUT2D eigenvalue weighted by molar-refractivity contribution is 0.241. The first kappa shape index (κ1) is 15.2. The highest BCUT2D eigenvalue weighted by Crippen LogP contribution is 2.20. The zero-order valence-corrected chi connectivity index (χ0v) is 11.4. The van der Waals surface area contributed by atoms with Crippen molar-refractivity contribution in [3.05, 3.63) is 76.8 Å². The summed E-state index contributed by atoms with van der Waals surface area (Å²) in [4.78, 5) is 0. The van der Waals surface area contributed by atoms with Crippen LogP contribution in [-0.4, -0.2) is 0 Å². The maximum Gasteiger partial charge on any atom is 0.344 e. The number of halogens is 4. The molecule has 0 heterocycles. The van der Waals surface area contributed by atoms with E-state index in [2.05, 4.69) is 4.74 Å². The largest absolute Gasteiger partial charge is 0.428 e. The van der Waals surface area contributed by atoms with E-state index in [4.69, 9.17) is 11.6 Å². The van der Waals surface area contributed by atoms with Crippen LogP contribution in [0, 0.1) is 0 Å². The van der Waals surface area contributed by atoms with Crippen LogP contribution in [0.15, 0.2) is 60.6 Å². The molecule has 0 radical (unpaired) electrons. The average molecular weight is 311 g/mol. The molecule has 1 nitrogen and oxygen atoms in total. The van der Waals surface area contributed by atoms with Crippen LogP contribution in [0.2, 0.25) is 5.02 Å². The van der Waals surface area contributed by atoms with Gasteiger partial charge in [-0.05, 0) is 35.4 Å². The molecule has 108 valence electrons. The topological polar surface area (TPSA) is 9.23 Å². The molecule has 2 rings (SSSR count). The predicted molar refractivity (Wildman–Crippen MR) is 77.8 cm³/mol. The Morgan fingerprint density at radius 3 is 1.76 bits per heavy atom. The van der Waals surface area contributed by atoms with E-state index in [-0.39, 0.29) is 5.75 Å². The zero-order chi connectivity index (χ0) is 15.2. The van der Waals surface area contributed by atoms with Gasteiger partial charge in [0.1, 0.15) is 5.75 Å². The van der Waals surface area contributed by atoms with Crippen LogP contribution in [0.25, 0.3) is 12.2 Å². The van der Waals surface area contributed by atoms with Crippen LogP contribution in [0.1, 0.15) is 11.1 Å². The Bertz CT molecular complexity index is 657. The van der Waals surface area contributed by atoms with Gasteiger partial charge in [-0.2, -0.15) is 13.2 Å². The fourth-order valence-corrected chi connectivity index (χ4v) is 1.68. The van der Waals surface area contributed by atoms with E-state index in [0.717, 1.165) is 11.1 Å². The minimum Gasteiger partial charge on any atom is -0.428 e. The highest BCUT2D eigenvalue weighted by molar-refractivity contribution is 6.30. The van der Waals surface area contributed by atoms with E-state index in [9.17, 15) is 13.2 Å². The molecule has 0 saturated heterocycles. The zero-order valence-electron chi connectivity index (χ0n) is 10.7. The van der Waals surface area contributed by atoms with Crippen molar-refractivity contribution in [1.29, 1.82) is 0 Å². The molecule has 0 aliphatic heterocycles. The molecule has 0 saturated carbocycles. The van der Waals surface area contributed by atoms with Gasteiger partial charge in [0.2, 0.25) is 0 Å². The van der Waals surface area contributed by atoms with Crippen molar-refractivity contribution in [3.63, 3.8) is 0 Å². The van der Waals surface area contributed by atoms with Crippen LogP contribution in [0.3, 0.4) is 0 Å². The molecular formula is C16H10ClF3O. The first-order valence-electron chi connectivity index (χ1n) is 5.97. The SMILES string of the molecule is FC(F)=C(F)Oc1ccc(/C=C/c2ccc(Cl)cc2)cc1. The third kappa shape index (κ3) is 4.68. The van der Waals surface area contributed by atoms with Gasteiger partial charge in [0, 0.05) is 5.02 Å². The molecule has 5 heteroatoms. The molecule has 0 bridgehead atoms. The molecule has 0 aliphatic rings. The summed E-state index contributed by atoms with van der Waals surface area (Å²) in [5.41, 5.74) is 1.79. The van der Waals surface area contributed by atoms with Gasteiger partial charge in [-0.15, -0.1) is 0 Å². The summed E-state index contributed by atoms with van der Waals surface area (Å²) in [6.45, 7) is 0. The molecule has 0 unspecified atom stereocenters. The van der Waals surface area contributed by atoms with Crippen molar-refractivity contribution in [2.24, 2.45) is 0 Å². The molecule has 0 N–H and O–H groups in total. The Morgan fingerprint density at radius 1 is 0.810 bits per heavy atom. The monoisotopic (exact) mass is 310 g/mol. The smallest absolute Gasteiger partial charge is 0.344 e. The summed E-state index contributed by atoms with van der Waals surface area (Å²) in [6.07, 6.45) is 1.21. The minimum absolute atomic E-state index is 0.00365. The fourth-order valence-electron chi connectivity index (χ4n) is 1.56. The molecule has 0 spiro atoms. The van der Waals surface area contributed by atoms with E-state index >= 15 is 0 Å². The van der Waals surface area contributed by atoms with Gasteiger partial charge in [0.05, 0.1) is 0 Å². The third-order valence-corrected chi connectivity index (χ3v) is 2.83. The highest BCUT2D eigenvalue weighted by atomic mass is 35.5. The van der Waals surface area contributed by atoms with Crippen LogP contribution in [0.4, 0.5) is 13.2 Å². The van der Waals surface area contributed by atoms with Crippen LogP contribution >= 0.6 is 11.6 Å². The molecule has 2 aromatic rings. The molecule has 0 fully saturated rings. The lowest BCUT2D eigenvalue weighted by Crippen LogP contribution is -1.90. The summed E-state index contributed by atoms with van der Waals surface area (Å²) in [5, 5.41) is 0.656. The number of hydrogen-bond acceptors (Lipinski definition) is 1. The van der Waals surface area contributed by atoms with Crippen LogP contribution in [-0.2, 0) is 0 Å². The van der Waals surface area contributed by atoms with Gasteiger partial charge >= 0.3 is 12.1 Å². The van der Waals surface area contributed by atoms with Crippen LogP contribution < -0.4 is 4.74 Å². The lowest BCUT2D eigenvalue weighted by Gasteiger charge is -2.02. The Kier molecular flexibility index (Phi) is 5.06. The van der Waals surface area contributed by atoms with Crippen molar-refractivity contribution in [3.8, 4) is 5.75 Å². The van der Waals surface area contributed by atoms with E-state index in [1.165, 1.54) is 12.1 Å². The molecule has 0 amide bonds. The van der Waals surface area contributed by atoms with Crippen molar-refractivity contribution >= 4 is 23.8 Å². The number of rotatable bonds is 4. The van der Waals surface area contributed by atoms with E-state index < -0.39 is 12.1 Å². The number of hydrogen-bond donors (Lipinski definition) is 0. The van der Waals surface area contributed by atoms with Crippen molar-refractivity contribution in [2.75, 3.05) is 0 Å². The fraction of sp³-hybridized carbons (Fsp3) is 0. The lowest BCUT2D eigenvalue weighted by atomic mass is 10.1.